The average Bonchev–Trinajstić information content (AvgIpc) is 2.49. The number of ether oxygens (including phenoxy) is 1. The van der Waals surface area contributed by atoms with E-state index in [9.17, 15) is 5.11 Å². The van der Waals surface area contributed by atoms with Crippen LogP contribution >= 0.6 is 0 Å². The highest BCUT2D eigenvalue weighted by molar-refractivity contribution is 5.23. The number of likely N-dealkylation sites (N-methyl/N-ethyl adjacent to an activating group) is 1. The van der Waals surface area contributed by atoms with Gasteiger partial charge >= 0.3 is 0 Å². The fourth-order valence-electron chi connectivity index (χ4n) is 2.90. The van der Waals surface area contributed by atoms with Crippen LogP contribution in [-0.4, -0.2) is 49.9 Å². The van der Waals surface area contributed by atoms with E-state index in [1.165, 1.54) is 0 Å². The van der Waals surface area contributed by atoms with Gasteiger partial charge in [0, 0.05) is 32.8 Å². The lowest BCUT2D eigenvalue weighted by Gasteiger charge is -2.34. The Labute approximate surface area is 121 Å². The lowest BCUT2D eigenvalue weighted by atomic mass is 9.92. The summed E-state index contributed by atoms with van der Waals surface area (Å²) in [6.07, 6.45) is 2.22. The van der Waals surface area contributed by atoms with Crippen LogP contribution in [0.4, 0.5) is 0 Å². The number of benzene rings is 1. The molecule has 1 saturated heterocycles. The van der Waals surface area contributed by atoms with E-state index >= 15 is 0 Å². The Morgan fingerprint density at radius 2 is 1.95 bits per heavy atom. The molecule has 0 bridgehead atoms. The van der Waals surface area contributed by atoms with Crippen molar-refractivity contribution in [2.45, 2.75) is 18.4 Å². The molecule has 1 aliphatic rings. The first-order valence-corrected chi connectivity index (χ1v) is 7.38. The standard InChI is InChI=1S/C16H26N2O2/c1-18(11-14-7-9-20-10-8-14)13-16(19,12-17)15-5-3-2-4-6-15/h2-6,14,19H,7-13,17H2,1H3. The van der Waals surface area contributed by atoms with Crippen LogP contribution in [0.25, 0.3) is 0 Å². The second kappa shape index (κ2) is 7.18. The van der Waals surface area contributed by atoms with Crippen molar-refractivity contribution >= 4 is 0 Å². The van der Waals surface area contributed by atoms with Gasteiger partial charge < -0.3 is 20.5 Å². The van der Waals surface area contributed by atoms with Crippen molar-refractivity contribution in [1.82, 2.24) is 4.90 Å². The van der Waals surface area contributed by atoms with Gasteiger partial charge in [0.15, 0.2) is 0 Å². The molecule has 1 aliphatic heterocycles. The van der Waals surface area contributed by atoms with Crippen molar-refractivity contribution < 1.29 is 9.84 Å². The molecule has 2 rings (SSSR count). The molecule has 1 fully saturated rings. The summed E-state index contributed by atoms with van der Waals surface area (Å²) < 4.78 is 5.38. The Morgan fingerprint density at radius 1 is 1.30 bits per heavy atom. The fraction of sp³-hybridized carbons (Fsp3) is 0.625. The third kappa shape index (κ3) is 4.03. The molecule has 0 radical (unpaired) electrons. The average molecular weight is 278 g/mol. The van der Waals surface area contributed by atoms with E-state index < -0.39 is 5.60 Å². The summed E-state index contributed by atoms with van der Waals surface area (Å²) in [5.41, 5.74) is 5.74. The number of hydrogen-bond acceptors (Lipinski definition) is 4. The second-order valence-electron chi connectivity index (χ2n) is 5.85. The lowest BCUT2D eigenvalue weighted by Crippen LogP contribution is -2.46. The van der Waals surface area contributed by atoms with Gasteiger partial charge in [-0.05, 0) is 31.4 Å². The fourth-order valence-corrected chi connectivity index (χ4v) is 2.90. The van der Waals surface area contributed by atoms with Gasteiger partial charge in [0.2, 0.25) is 0 Å². The van der Waals surface area contributed by atoms with E-state index in [2.05, 4.69) is 11.9 Å². The van der Waals surface area contributed by atoms with Crippen molar-refractivity contribution in [2.75, 3.05) is 39.9 Å². The molecular formula is C16H26N2O2. The first-order chi connectivity index (χ1) is 9.64. The van der Waals surface area contributed by atoms with Crippen LogP contribution in [0, 0.1) is 5.92 Å². The maximum Gasteiger partial charge on any atom is 0.114 e. The molecule has 112 valence electrons. The smallest absolute Gasteiger partial charge is 0.114 e. The van der Waals surface area contributed by atoms with Gasteiger partial charge in [0.1, 0.15) is 5.60 Å². The summed E-state index contributed by atoms with van der Waals surface area (Å²) in [5.74, 6) is 0.659. The number of rotatable bonds is 6. The topological polar surface area (TPSA) is 58.7 Å². The van der Waals surface area contributed by atoms with Gasteiger partial charge in [0.25, 0.3) is 0 Å². The number of hydrogen-bond donors (Lipinski definition) is 2. The molecule has 0 spiro atoms. The largest absolute Gasteiger partial charge is 0.382 e. The zero-order valence-corrected chi connectivity index (χ0v) is 12.3. The minimum atomic E-state index is -0.971. The lowest BCUT2D eigenvalue weighted by molar-refractivity contribution is 0.00116. The Hall–Kier alpha value is -0.940. The van der Waals surface area contributed by atoms with Crippen LogP contribution in [-0.2, 0) is 10.3 Å². The molecule has 0 saturated carbocycles. The maximum atomic E-state index is 10.8. The molecule has 0 aliphatic carbocycles. The van der Waals surface area contributed by atoms with Crippen molar-refractivity contribution in [1.29, 1.82) is 0 Å². The van der Waals surface area contributed by atoms with Gasteiger partial charge in [-0.25, -0.2) is 0 Å². The molecule has 0 aromatic heterocycles. The van der Waals surface area contributed by atoms with Gasteiger partial charge in [-0.3, -0.25) is 0 Å². The minimum Gasteiger partial charge on any atom is -0.382 e. The van der Waals surface area contributed by atoms with Crippen molar-refractivity contribution in [3.05, 3.63) is 35.9 Å². The van der Waals surface area contributed by atoms with Crippen LogP contribution in [0.3, 0.4) is 0 Å². The van der Waals surface area contributed by atoms with Crippen molar-refractivity contribution in [3.8, 4) is 0 Å². The second-order valence-corrected chi connectivity index (χ2v) is 5.85. The molecule has 4 heteroatoms. The third-order valence-corrected chi connectivity index (χ3v) is 4.09. The highest BCUT2D eigenvalue weighted by Gasteiger charge is 2.29. The zero-order valence-electron chi connectivity index (χ0n) is 12.3. The quantitative estimate of drug-likeness (QED) is 0.821. The molecule has 20 heavy (non-hydrogen) atoms. The van der Waals surface area contributed by atoms with Crippen molar-refractivity contribution in [3.63, 3.8) is 0 Å². The van der Waals surface area contributed by atoms with Crippen LogP contribution in [0.5, 0.6) is 0 Å². The summed E-state index contributed by atoms with van der Waals surface area (Å²) in [6, 6.07) is 9.71. The molecule has 1 aromatic carbocycles. The van der Waals surface area contributed by atoms with Crippen LogP contribution < -0.4 is 5.73 Å². The summed E-state index contributed by atoms with van der Waals surface area (Å²) >= 11 is 0. The van der Waals surface area contributed by atoms with E-state index in [1.54, 1.807) is 0 Å². The van der Waals surface area contributed by atoms with E-state index in [4.69, 9.17) is 10.5 Å². The molecule has 1 aromatic rings. The van der Waals surface area contributed by atoms with Crippen LogP contribution in [0.1, 0.15) is 18.4 Å². The van der Waals surface area contributed by atoms with Gasteiger partial charge in [0.05, 0.1) is 0 Å². The molecule has 1 unspecified atom stereocenters. The van der Waals surface area contributed by atoms with E-state index in [0.29, 0.717) is 12.5 Å². The summed E-state index contributed by atoms with van der Waals surface area (Å²) in [6.45, 7) is 3.50. The monoisotopic (exact) mass is 278 g/mol. The summed E-state index contributed by atoms with van der Waals surface area (Å²) in [7, 11) is 2.05. The van der Waals surface area contributed by atoms with Gasteiger partial charge in [-0.2, -0.15) is 0 Å². The Morgan fingerprint density at radius 3 is 2.55 bits per heavy atom. The Bertz CT molecular complexity index is 393. The maximum absolute atomic E-state index is 10.8. The highest BCUT2D eigenvalue weighted by Crippen LogP contribution is 2.22. The van der Waals surface area contributed by atoms with E-state index in [0.717, 1.165) is 38.2 Å². The van der Waals surface area contributed by atoms with Gasteiger partial charge in [-0.1, -0.05) is 30.3 Å². The first kappa shape index (κ1) is 15.4. The Kier molecular flexibility index (Phi) is 5.54. The number of nitrogens with two attached hydrogens (primary N) is 1. The van der Waals surface area contributed by atoms with Crippen LogP contribution in [0.15, 0.2) is 30.3 Å². The highest BCUT2D eigenvalue weighted by atomic mass is 16.5. The minimum absolute atomic E-state index is 0.231. The van der Waals surface area contributed by atoms with E-state index in [1.807, 2.05) is 30.3 Å². The molecule has 1 heterocycles. The molecular weight excluding hydrogens is 252 g/mol. The molecule has 0 amide bonds. The summed E-state index contributed by atoms with van der Waals surface area (Å²) in [5, 5.41) is 10.8. The normalized spacial score (nSPS) is 20.0. The first-order valence-electron chi connectivity index (χ1n) is 7.38. The van der Waals surface area contributed by atoms with E-state index in [-0.39, 0.29) is 6.54 Å². The number of aliphatic hydroxyl groups is 1. The Balaban J connectivity index is 1.94. The summed E-state index contributed by atoms with van der Waals surface area (Å²) in [4.78, 5) is 2.19. The predicted octanol–water partition coefficient (Wildman–Crippen LogP) is 1.19. The predicted molar refractivity (Wildman–Crippen MR) is 80.4 cm³/mol. The van der Waals surface area contributed by atoms with Gasteiger partial charge in [-0.15, -0.1) is 0 Å². The molecule has 1 atom stereocenters. The third-order valence-electron chi connectivity index (χ3n) is 4.09. The molecule has 3 N–H and O–H groups in total. The molecule has 4 nitrogen and oxygen atoms in total. The number of nitrogens with zero attached hydrogens (tertiary/aromatic N) is 1. The SMILES string of the molecule is CN(CC1CCOCC1)CC(O)(CN)c1ccccc1. The van der Waals surface area contributed by atoms with Crippen LogP contribution in [0.2, 0.25) is 0 Å². The van der Waals surface area contributed by atoms with Crippen molar-refractivity contribution in [2.24, 2.45) is 11.7 Å². The zero-order chi connectivity index (χ0) is 14.4.